The minimum atomic E-state index is 0.115. The first-order chi connectivity index (χ1) is 6.47. The highest BCUT2D eigenvalue weighted by Crippen LogP contribution is 2.18. The van der Waals surface area contributed by atoms with E-state index in [9.17, 15) is 0 Å². The summed E-state index contributed by atoms with van der Waals surface area (Å²) in [5.74, 6) is 0. The van der Waals surface area contributed by atoms with E-state index in [0.717, 1.165) is 31.8 Å². The highest BCUT2D eigenvalue weighted by molar-refractivity contribution is 5.03. The van der Waals surface area contributed by atoms with E-state index in [1.807, 2.05) is 12.1 Å². The average Bonchev–Trinajstić information content (AvgIpc) is 2.47. The van der Waals surface area contributed by atoms with Crippen LogP contribution >= 0.6 is 0 Å². The van der Waals surface area contributed by atoms with Crippen LogP contribution in [0.3, 0.4) is 0 Å². The van der Waals surface area contributed by atoms with Crippen LogP contribution in [-0.4, -0.2) is 29.9 Å². The van der Waals surface area contributed by atoms with E-state index in [2.05, 4.69) is 15.5 Å². The molecule has 4 nitrogen and oxygen atoms in total. The maximum atomic E-state index is 5.62. The fraction of sp³-hybridized carbons (Fsp3) is 0.556. The fourth-order valence-corrected chi connectivity index (χ4v) is 1.43. The van der Waals surface area contributed by atoms with Gasteiger partial charge in [0.25, 0.3) is 0 Å². The molecule has 4 heteroatoms. The zero-order chi connectivity index (χ0) is 8.93. The Balaban J connectivity index is 2.06. The highest BCUT2D eigenvalue weighted by atomic mass is 16.5. The molecule has 1 aliphatic heterocycles. The Morgan fingerprint density at radius 2 is 2.46 bits per heavy atom. The Morgan fingerprint density at radius 3 is 3.31 bits per heavy atom. The van der Waals surface area contributed by atoms with Crippen LogP contribution in [0.25, 0.3) is 0 Å². The minimum absolute atomic E-state index is 0.115. The smallest absolute Gasteiger partial charge is 0.103 e. The Kier molecular flexibility index (Phi) is 2.84. The first-order valence-corrected chi connectivity index (χ1v) is 4.57. The van der Waals surface area contributed by atoms with Crippen LogP contribution in [0.1, 0.15) is 18.2 Å². The molecule has 1 atom stereocenters. The molecule has 13 heavy (non-hydrogen) atoms. The maximum Gasteiger partial charge on any atom is 0.103 e. The van der Waals surface area contributed by atoms with E-state index in [1.54, 1.807) is 6.20 Å². The molecule has 0 saturated carbocycles. The van der Waals surface area contributed by atoms with Crippen LogP contribution in [0, 0.1) is 0 Å². The van der Waals surface area contributed by atoms with E-state index in [4.69, 9.17) is 4.74 Å². The second kappa shape index (κ2) is 4.30. The van der Waals surface area contributed by atoms with Crippen molar-refractivity contribution < 1.29 is 4.74 Å². The molecule has 1 aromatic heterocycles. The summed E-state index contributed by atoms with van der Waals surface area (Å²) in [6.07, 6.45) is 2.76. The quantitative estimate of drug-likeness (QED) is 0.683. The summed E-state index contributed by atoms with van der Waals surface area (Å²) < 4.78 is 5.62. The van der Waals surface area contributed by atoms with E-state index in [-0.39, 0.29) is 6.10 Å². The molecule has 2 rings (SSSR count). The number of aromatic nitrogens is 2. The molecule has 0 bridgehead atoms. The van der Waals surface area contributed by atoms with Crippen LogP contribution in [0.4, 0.5) is 0 Å². The molecule has 2 heterocycles. The summed E-state index contributed by atoms with van der Waals surface area (Å²) in [5.41, 5.74) is 0.936. The summed E-state index contributed by atoms with van der Waals surface area (Å²) in [7, 11) is 0. The molecule has 0 spiro atoms. The number of hydrogen-bond donors (Lipinski definition) is 1. The lowest BCUT2D eigenvalue weighted by atomic mass is 10.2. The van der Waals surface area contributed by atoms with Gasteiger partial charge in [-0.3, -0.25) is 0 Å². The van der Waals surface area contributed by atoms with Crippen molar-refractivity contribution in [3.8, 4) is 0 Å². The van der Waals surface area contributed by atoms with Crippen LogP contribution in [0.2, 0.25) is 0 Å². The first-order valence-electron chi connectivity index (χ1n) is 4.57. The third-order valence-electron chi connectivity index (χ3n) is 2.10. The van der Waals surface area contributed by atoms with E-state index in [1.165, 1.54) is 0 Å². The van der Waals surface area contributed by atoms with Crippen molar-refractivity contribution in [2.24, 2.45) is 0 Å². The molecule has 1 aliphatic rings. The summed E-state index contributed by atoms with van der Waals surface area (Å²) in [6, 6.07) is 3.85. The molecule has 0 unspecified atom stereocenters. The van der Waals surface area contributed by atoms with Crippen LogP contribution < -0.4 is 5.32 Å². The molecule has 1 fully saturated rings. The molecule has 0 radical (unpaired) electrons. The number of nitrogens with zero attached hydrogens (tertiary/aromatic N) is 2. The topological polar surface area (TPSA) is 47.0 Å². The summed E-state index contributed by atoms with van der Waals surface area (Å²) in [5, 5.41) is 11.2. The average molecular weight is 179 g/mol. The second-order valence-corrected chi connectivity index (χ2v) is 3.05. The van der Waals surface area contributed by atoms with Crippen molar-refractivity contribution in [1.82, 2.24) is 15.5 Å². The van der Waals surface area contributed by atoms with Crippen molar-refractivity contribution in [2.45, 2.75) is 12.5 Å². The lowest BCUT2D eigenvalue weighted by molar-refractivity contribution is 0.0607. The largest absolute Gasteiger partial charge is 0.370 e. The van der Waals surface area contributed by atoms with Crippen molar-refractivity contribution in [3.63, 3.8) is 0 Å². The van der Waals surface area contributed by atoms with Gasteiger partial charge < -0.3 is 10.1 Å². The van der Waals surface area contributed by atoms with Gasteiger partial charge in [-0.2, -0.15) is 10.2 Å². The third kappa shape index (κ3) is 2.23. The van der Waals surface area contributed by atoms with Gasteiger partial charge in [0.1, 0.15) is 6.10 Å². The Labute approximate surface area is 77.3 Å². The zero-order valence-corrected chi connectivity index (χ0v) is 7.44. The van der Waals surface area contributed by atoms with Gasteiger partial charge >= 0.3 is 0 Å². The molecule has 1 N–H and O–H groups in total. The lowest BCUT2D eigenvalue weighted by Gasteiger charge is -2.12. The predicted molar refractivity (Wildman–Crippen MR) is 48.2 cm³/mol. The van der Waals surface area contributed by atoms with Crippen molar-refractivity contribution in [2.75, 3.05) is 19.7 Å². The third-order valence-corrected chi connectivity index (χ3v) is 2.10. The molecule has 70 valence electrons. The molecular formula is C9H13N3O. The Morgan fingerprint density at radius 1 is 1.46 bits per heavy atom. The number of ether oxygens (including phenoxy) is 1. The SMILES string of the molecule is c1cnnc([C@@H]2CCNCCO2)c1. The molecular weight excluding hydrogens is 166 g/mol. The Bertz CT molecular complexity index is 244. The maximum absolute atomic E-state index is 5.62. The van der Waals surface area contributed by atoms with Gasteiger partial charge in [0.05, 0.1) is 12.3 Å². The summed E-state index contributed by atoms with van der Waals surface area (Å²) >= 11 is 0. The van der Waals surface area contributed by atoms with E-state index >= 15 is 0 Å². The summed E-state index contributed by atoms with van der Waals surface area (Å²) in [4.78, 5) is 0. The number of nitrogens with one attached hydrogen (secondary N) is 1. The molecule has 0 amide bonds. The van der Waals surface area contributed by atoms with Gasteiger partial charge in [0, 0.05) is 12.7 Å². The van der Waals surface area contributed by atoms with Gasteiger partial charge in [-0.15, -0.1) is 0 Å². The van der Waals surface area contributed by atoms with Crippen LogP contribution in [0.5, 0.6) is 0 Å². The van der Waals surface area contributed by atoms with Crippen molar-refractivity contribution in [1.29, 1.82) is 0 Å². The minimum Gasteiger partial charge on any atom is -0.370 e. The van der Waals surface area contributed by atoms with Gasteiger partial charge in [-0.25, -0.2) is 0 Å². The van der Waals surface area contributed by atoms with Crippen LogP contribution in [-0.2, 0) is 4.74 Å². The first kappa shape index (κ1) is 8.59. The summed E-state index contributed by atoms with van der Waals surface area (Å²) in [6.45, 7) is 2.67. The molecule has 0 aliphatic carbocycles. The van der Waals surface area contributed by atoms with Crippen molar-refractivity contribution >= 4 is 0 Å². The molecule has 1 saturated heterocycles. The zero-order valence-electron chi connectivity index (χ0n) is 7.44. The molecule has 1 aromatic rings. The van der Waals surface area contributed by atoms with Gasteiger partial charge in [-0.1, -0.05) is 0 Å². The number of rotatable bonds is 1. The van der Waals surface area contributed by atoms with E-state index < -0.39 is 0 Å². The molecule has 0 aromatic carbocycles. The highest BCUT2D eigenvalue weighted by Gasteiger charge is 2.15. The van der Waals surface area contributed by atoms with E-state index in [0.29, 0.717) is 0 Å². The lowest BCUT2D eigenvalue weighted by Crippen LogP contribution is -2.16. The van der Waals surface area contributed by atoms with Gasteiger partial charge in [-0.05, 0) is 25.1 Å². The van der Waals surface area contributed by atoms with Crippen LogP contribution in [0.15, 0.2) is 18.3 Å². The number of hydrogen-bond acceptors (Lipinski definition) is 4. The van der Waals surface area contributed by atoms with Gasteiger partial charge in [0.2, 0.25) is 0 Å². The fourth-order valence-electron chi connectivity index (χ4n) is 1.43. The monoisotopic (exact) mass is 179 g/mol. The second-order valence-electron chi connectivity index (χ2n) is 3.05. The predicted octanol–water partition coefficient (Wildman–Crippen LogP) is 0.528. The van der Waals surface area contributed by atoms with Crippen molar-refractivity contribution in [3.05, 3.63) is 24.0 Å². The standard InChI is InChI=1S/C9H13N3O/c1-2-8(12-11-4-1)9-3-5-10-6-7-13-9/h1-2,4,9-10H,3,5-7H2/t9-/m0/s1. The Hall–Kier alpha value is -1.00. The van der Waals surface area contributed by atoms with Gasteiger partial charge in [0.15, 0.2) is 0 Å². The normalized spacial score (nSPS) is 23.8.